The first-order valence-corrected chi connectivity index (χ1v) is 10.3. The first-order valence-electron chi connectivity index (χ1n) is 8.12. The number of nitro groups is 1. The normalized spacial score (nSPS) is 11.5. The van der Waals surface area contributed by atoms with Crippen molar-refractivity contribution in [1.82, 2.24) is 5.32 Å². The Morgan fingerprint density at radius 1 is 1.21 bits per heavy atom. The number of halogens is 2. The molecule has 0 saturated heterocycles. The predicted octanol–water partition coefficient (Wildman–Crippen LogP) is 4.39. The fraction of sp³-hybridized carbons (Fsp3) is 0.222. The lowest BCUT2D eigenvalue weighted by atomic mass is 10.1. The maximum atomic E-state index is 12.6. The minimum Gasteiger partial charge on any atom is -0.340 e. The zero-order valence-electron chi connectivity index (χ0n) is 14.8. The zero-order valence-corrected chi connectivity index (χ0v) is 17.1. The summed E-state index contributed by atoms with van der Waals surface area (Å²) >= 11 is 13.2. The predicted molar refractivity (Wildman–Crippen MR) is 112 cm³/mol. The average molecular weight is 442 g/mol. The van der Waals surface area contributed by atoms with E-state index in [4.69, 9.17) is 23.2 Å². The van der Waals surface area contributed by atoms with Crippen LogP contribution < -0.4 is 10.6 Å². The van der Waals surface area contributed by atoms with Gasteiger partial charge in [-0.2, -0.15) is 11.8 Å². The molecule has 2 rings (SSSR count). The van der Waals surface area contributed by atoms with Gasteiger partial charge in [0.2, 0.25) is 5.91 Å². The Labute approximate surface area is 175 Å². The van der Waals surface area contributed by atoms with Crippen LogP contribution in [-0.2, 0) is 4.79 Å². The summed E-state index contributed by atoms with van der Waals surface area (Å²) in [6.45, 7) is 0. The van der Waals surface area contributed by atoms with Gasteiger partial charge in [-0.1, -0.05) is 29.3 Å². The highest BCUT2D eigenvalue weighted by Crippen LogP contribution is 2.25. The molecule has 2 amide bonds. The Kier molecular flexibility index (Phi) is 8.10. The van der Waals surface area contributed by atoms with E-state index in [1.165, 1.54) is 23.9 Å². The molecule has 0 spiro atoms. The molecule has 1 atom stereocenters. The van der Waals surface area contributed by atoms with Crippen LogP contribution in [0.2, 0.25) is 10.0 Å². The second-order valence-electron chi connectivity index (χ2n) is 5.73. The summed E-state index contributed by atoms with van der Waals surface area (Å²) in [4.78, 5) is 35.5. The number of hydrogen-bond acceptors (Lipinski definition) is 5. The molecule has 2 N–H and O–H groups in total. The quantitative estimate of drug-likeness (QED) is 0.467. The van der Waals surface area contributed by atoms with Crippen molar-refractivity contribution >= 4 is 58.2 Å². The van der Waals surface area contributed by atoms with Gasteiger partial charge >= 0.3 is 0 Å². The summed E-state index contributed by atoms with van der Waals surface area (Å²) in [5.41, 5.74) is 0.169. The zero-order chi connectivity index (χ0) is 20.7. The minimum absolute atomic E-state index is 0.0424. The largest absolute Gasteiger partial charge is 0.340 e. The number of carbonyl (C=O) groups is 2. The maximum absolute atomic E-state index is 12.6. The van der Waals surface area contributed by atoms with Crippen molar-refractivity contribution in [2.45, 2.75) is 12.5 Å². The van der Waals surface area contributed by atoms with Gasteiger partial charge in [-0.15, -0.1) is 0 Å². The summed E-state index contributed by atoms with van der Waals surface area (Å²) in [6.07, 6.45) is 2.27. The smallest absolute Gasteiger partial charge is 0.288 e. The monoisotopic (exact) mass is 441 g/mol. The summed E-state index contributed by atoms with van der Waals surface area (Å²) in [5, 5.41) is 16.7. The average Bonchev–Trinajstić information content (AvgIpc) is 2.65. The lowest BCUT2D eigenvalue weighted by Gasteiger charge is -2.18. The van der Waals surface area contributed by atoms with Gasteiger partial charge in [0.05, 0.1) is 4.92 Å². The third-order valence-corrected chi connectivity index (χ3v) is 4.93. The number of anilines is 1. The molecule has 0 bridgehead atoms. The van der Waals surface area contributed by atoms with Gasteiger partial charge < -0.3 is 10.6 Å². The topological polar surface area (TPSA) is 101 Å². The summed E-state index contributed by atoms with van der Waals surface area (Å²) in [6, 6.07) is 9.54. The number of rotatable bonds is 8. The van der Waals surface area contributed by atoms with E-state index in [-0.39, 0.29) is 16.3 Å². The number of thioether (sulfide) groups is 1. The molecule has 0 aromatic heterocycles. The Hall–Kier alpha value is -2.29. The van der Waals surface area contributed by atoms with Gasteiger partial charge in [-0.05, 0) is 48.8 Å². The van der Waals surface area contributed by atoms with E-state index in [9.17, 15) is 19.7 Å². The van der Waals surface area contributed by atoms with Crippen molar-refractivity contribution in [3.05, 3.63) is 68.2 Å². The molecule has 0 aliphatic heterocycles. The second-order valence-corrected chi connectivity index (χ2v) is 7.56. The van der Waals surface area contributed by atoms with E-state index < -0.39 is 22.8 Å². The summed E-state index contributed by atoms with van der Waals surface area (Å²) in [7, 11) is 0. The van der Waals surface area contributed by atoms with Crippen LogP contribution in [0, 0.1) is 10.1 Å². The molecular weight excluding hydrogens is 425 g/mol. The first kappa shape index (κ1) is 22.0. The molecule has 7 nitrogen and oxygen atoms in total. The van der Waals surface area contributed by atoms with E-state index in [1.807, 2.05) is 6.26 Å². The molecule has 0 saturated carbocycles. The van der Waals surface area contributed by atoms with Crippen LogP contribution in [0.4, 0.5) is 11.4 Å². The standard InChI is InChI=1S/C18H17Cl2N3O4S/c1-28-8-7-15(18(25)21-13-4-2-3-12(19)10-13)22-17(24)11-5-6-14(20)16(9-11)23(26)27/h2-6,9-10,15H,7-8H2,1H3,(H,21,25)(H,22,24)/t15-/m0/s1. The number of nitrogens with zero attached hydrogens (tertiary/aromatic N) is 1. The maximum Gasteiger partial charge on any atom is 0.288 e. The Bertz CT molecular complexity index is 895. The number of benzene rings is 2. The molecule has 2 aromatic carbocycles. The second kappa shape index (κ2) is 10.3. The van der Waals surface area contributed by atoms with E-state index in [0.29, 0.717) is 22.9 Å². The third kappa shape index (κ3) is 6.12. The highest BCUT2D eigenvalue weighted by atomic mass is 35.5. The van der Waals surface area contributed by atoms with E-state index in [2.05, 4.69) is 10.6 Å². The minimum atomic E-state index is -0.825. The van der Waals surface area contributed by atoms with Crippen LogP contribution in [0.15, 0.2) is 42.5 Å². The Balaban J connectivity index is 2.16. The highest BCUT2D eigenvalue weighted by Gasteiger charge is 2.23. The van der Waals surface area contributed by atoms with Crippen LogP contribution in [-0.4, -0.2) is 34.8 Å². The van der Waals surface area contributed by atoms with Crippen molar-refractivity contribution in [2.24, 2.45) is 0 Å². The number of amides is 2. The van der Waals surface area contributed by atoms with Crippen molar-refractivity contribution in [2.75, 3.05) is 17.3 Å². The van der Waals surface area contributed by atoms with Crippen LogP contribution in [0.25, 0.3) is 0 Å². The van der Waals surface area contributed by atoms with E-state index >= 15 is 0 Å². The van der Waals surface area contributed by atoms with E-state index in [0.717, 1.165) is 6.07 Å². The third-order valence-electron chi connectivity index (χ3n) is 3.73. The van der Waals surface area contributed by atoms with Crippen LogP contribution in [0.5, 0.6) is 0 Å². The molecule has 2 aromatic rings. The molecule has 0 fully saturated rings. The molecule has 28 heavy (non-hydrogen) atoms. The molecule has 0 radical (unpaired) electrons. The summed E-state index contributed by atoms with van der Waals surface area (Å²) in [5.74, 6) is -0.380. The van der Waals surface area contributed by atoms with Crippen LogP contribution in [0.1, 0.15) is 16.8 Å². The first-order chi connectivity index (χ1) is 13.3. The molecule has 0 unspecified atom stereocenters. The fourth-order valence-corrected chi connectivity index (χ4v) is 3.18. The van der Waals surface area contributed by atoms with E-state index in [1.54, 1.807) is 24.3 Å². The van der Waals surface area contributed by atoms with Gasteiger partial charge in [0.25, 0.3) is 11.6 Å². The molecular formula is C18H17Cl2N3O4S. The summed E-state index contributed by atoms with van der Waals surface area (Å²) < 4.78 is 0. The fourth-order valence-electron chi connectivity index (χ4n) is 2.34. The molecule has 148 valence electrons. The lowest BCUT2D eigenvalue weighted by molar-refractivity contribution is -0.384. The van der Waals surface area contributed by atoms with Gasteiger partial charge in [-0.3, -0.25) is 19.7 Å². The van der Waals surface area contributed by atoms with Crippen LogP contribution >= 0.6 is 35.0 Å². The molecule has 0 aliphatic carbocycles. The van der Waals surface area contributed by atoms with Gasteiger partial charge in [0.1, 0.15) is 11.1 Å². The Morgan fingerprint density at radius 2 is 1.96 bits per heavy atom. The highest BCUT2D eigenvalue weighted by molar-refractivity contribution is 7.98. The van der Waals surface area contributed by atoms with Crippen molar-refractivity contribution in [3.8, 4) is 0 Å². The van der Waals surface area contributed by atoms with Gasteiger partial charge in [0.15, 0.2) is 0 Å². The van der Waals surface area contributed by atoms with Crippen molar-refractivity contribution in [3.63, 3.8) is 0 Å². The number of carbonyl (C=O) groups excluding carboxylic acids is 2. The van der Waals surface area contributed by atoms with Crippen molar-refractivity contribution < 1.29 is 14.5 Å². The number of nitrogens with one attached hydrogen (secondary N) is 2. The number of nitro benzene ring substituents is 1. The Morgan fingerprint density at radius 3 is 2.61 bits per heavy atom. The molecule has 0 heterocycles. The number of hydrogen-bond donors (Lipinski definition) is 2. The van der Waals surface area contributed by atoms with Gasteiger partial charge in [-0.25, -0.2) is 0 Å². The molecule has 10 heteroatoms. The molecule has 0 aliphatic rings. The lowest BCUT2D eigenvalue weighted by Crippen LogP contribution is -2.44. The van der Waals surface area contributed by atoms with Crippen LogP contribution in [0.3, 0.4) is 0 Å². The SMILES string of the molecule is CSCC[C@H](NC(=O)c1ccc(Cl)c([N+](=O)[O-])c1)C(=O)Nc1cccc(Cl)c1. The van der Waals surface area contributed by atoms with Gasteiger partial charge in [0, 0.05) is 22.3 Å². The van der Waals surface area contributed by atoms with Crippen molar-refractivity contribution in [1.29, 1.82) is 0 Å².